The molecular formula is C10H17NO3. The normalized spacial score (nSPS) is 32.2. The average Bonchev–Trinajstić information content (AvgIpc) is 2.83. The van der Waals surface area contributed by atoms with Crippen molar-refractivity contribution in [3.05, 3.63) is 0 Å². The van der Waals surface area contributed by atoms with Crippen LogP contribution in [0.5, 0.6) is 0 Å². The van der Waals surface area contributed by atoms with Crippen molar-refractivity contribution in [3.63, 3.8) is 0 Å². The molecule has 1 aliphatic carbocycles. The first-order valence-electron chi connectivity index (χ1n) is 5.29. The summed E-state index contributed by atoms with van der Waals surface area (Å²) in [5, 5.41) is 18.4. The molecule has 2 N–H and O–H groups in total. The molecule has 4 heteroatoms. The van der Waals surface area contributed by atoms with E-state index >= 15 is 0 Å². The molecule has 1 aliphatic heterocycles. The molecule has 2 aliphatic rings. The van der Waals surface area contributed by atoms with Crippen LogP contribution in [0.4, 0.5) is 4.79 Å². The largest absolute Gasteiger partial charge is 0.465 e. The number of nitrogens with zero attached hydrogens (tertiary/aromatic N) is 1. The van der Waals surface area contributed by atoms with Crippen molar-refractivity contribution in [1.82, 2.24) is 4.90 Å². The minimum absolute atomic E-state index is 0.0181. The first kappa shape index (κ1) is 9.77. The van der Waals surface area contributed by atoms with Crippen LogP contribution in [-0.2, 0) is 0 Å². The lowest BCUT2D eigenvalue weighted by molar-refractivity contribution is 0.0509. The van der Waals surface area contributed by atoms with Crippen LogP contribution < -0.4 is 0 Å². The van der Waals surface area contributed by atoms with Gasteiger partial charge in [-0.3, -0.25) is 0 Å². The number of carboxylic acid groups (broad SMARTS) is 1. The van der Waals surface area contributed by atoms with Crippen molar-refractivity contribution in [2.75, 3.05) is 13.2 Å². The Kier molecular flexibility index (Phi) is 2.39. The highest BCUT2D eigenvalue weighted by atomic mass is 16.4. The molecule has 1 atom stereocenters. The predicted octanol–water partition coefficient (Wildman–Crippen LogP) is 1.29. The van der Waals surface area contributed by atoms with Crippen LogP contribution >= 0.6 is 0 Å². The Hall–Kier alpha value is -0.770. The van der Waals surface area contributed by atoms with Crippen molar-refractivity contribution in [2.24, 2.45) is 5.92 Å². The van der Waals surface area contributed by atoms with Gasteiger partial charge in [-0.25, -0.2) is 4.79 Å². The Morgan fingerprint density at radius 1 is 1.50 bits per heavy atom. The van der Waals surface area contributed by atoms with Crippen LogP contribution in [0.25, 0.3) is 0 Å². The van der Waals surface area contributed by atoms with Gasteiger partial charge in [-0.1, -0.05) is 12.8 Å². The zero-order valence-electron chi connectivity index (χ0n) is 8.28. The molecule has 0 radical (unpaired) electrons. The zero-order chi connectivity index (χ0) is 10.2. The molecule has 0 spiro atoms. The minimum Gasteiger partial charge on any atom is -0.465 e. The third kappa shape index (κ3) is 1.59. The van der Waals surface area contributed by atoms with E-state index in [0.29, 0.717) is 12.5 Å². The standard InChI is InChI=1S/C10H17NO3/c12-7-10(6-8-2-3-8)4-1-5-11(10)9(13)14/h8,12H,1-7H2,(H,13,14). The Labute approximate surface area is 83.5 Å². The summed E-state index contributed by atoms with van der Waals surface area (Å²) in [6, 6.07) is 0. The van der Waals surface area contributed by atoms with Gasteiger partial charge >= 0.3 is 6.09 Å². The SMILES string of the molecule is O=C(O)N1CCCC1(CO)CC1CC1. The van der Waals surface area contributed by atoms with Gasteiger partial charge in [-0.2, -0.15) is 0 Å². The number of likely N-dealkylation sites (tertiary alicyclic amines) is 1. The van der Waals surface area contributed by atoms with Gasteiger partial charge < -0.3 is 15.1 Å². The fourth-order valence-electron chi connectivity index (χ4n) is 2.54. The first-order valence-corrected chi connectivity index (χ1v) is 5.29. The Morgan fingerprint density at radius 3 is 2.71 bits per heavy atom. The van der Waals surface area contributed by atoms with E-state index in [1.165, 1.54) is 17.7 Å². The molecule has 1 saturated heterocycles. The Bertz CT molecular complexity index is 240. The second kappa shape index (κ2) is 3.42. The number of carbonyl (C=O) groups is 1. The molecule has 0 bridgehead atoms. The summed E-state index contributed by atoms with van der Waals surface area (Å²) in [7, 11) is 0. The molecule has 1 saturated carbocycles. The Balaban J connectivity index is 2.10. The van der Waals surface area contributed by atoms with E-state index in [0.717, 1.165) is 19.3 Å². The summed E-state index contributed by atoms with van der Waals surface area (Å²) in [6.45, 7) is 0.568. The molecule has 0 aromatic carbocycles. The lowest BCUT2D eigenvalue weighted by Gasteiger charge is -2.35. The minimum atomic E-state index is -0.878. The molecule has 2 fully saturated rings. The third-order valence-electron chi connectivity index (χ3n) is 3.49. The maximum Gasteiger partial charge on any atom is 0.407 e. The van der Waals surface area contributed by atoms with Gasteiger partial charge in [-0.15, -0.1) is 0 Å². The van der Waals surface area contributed by atoms with E-state index in [2.05, 4.69) is 0 Å². The van der Waals surface area contributed by atoms with E-state index in [9.17, 15) is 9.90 Å². The van der Waals surface area contributed by atoms with Crippen LogP contribution in [0.1, 0.15) is 32.1 Å². The fourth-order valence-corrected chi connectivity index (χ4v) is 2.54. The van der Waals surface area contributed by atoms with Crippen LogP contribution in [-0.4, -0.2) is 39.9 Å². The number of hydrogen-bond donors (Lipinski definition) is 2. The highest BCUT2D eigenvalue weighted by Crippen LogP contribution is 2.43. The lowest BCUT2D eigenvalue weighted by Crippen LogP contribution is -2.49. The smallest absolute Gasteiger partial charge is 0.407 e. The number of aliphatic hydroxyl groups excluding tert-OH is 1. The maximum atomic E-state index is 11.0. The molecule has 0 aromatic heterocycles. The third-order valence-corrected chi connectivity index (χ3v) is 3.49. The fraction of sp³-hybridized carbons (Fsp3) is 0.900. The molecule has 1 amide bonds. The average molecular weight is 199 g/mol. The van der Waals surface area contributed by atoms with Gasteiger partial charge in [0.2, 0.25) is 0 Å². The maximum absolute atomic E-state index is 11.0. The van der Waals surface area contributed by atoms with Gasteiger partial charge in [0.1, 0.15) is 0 Å². The summed E-state index contributed by atoms with van der Waals surface area (Å²) in [4.78, 5) is 12.4. The van der Waals surface area contributed by atoms with E-state index in [4.69, 9.17) is 5.11 Å². The quantitative estimate of drug-likeness (QED) is 0.720. The number of hydrogen-bond acceptors (Lipinski definition) is 2. The number of amides is 1. The lowest BCUT2D eigenvalue weighted by atomic mass is 9.90. The van der Waals surface area contributed by atoms with E-state index in [1.54, 1.807) is 0 Å². The van der Waals surface area contributed by atoms with Crippen LogP contribution in [0, 0.1) is 5.92 Å². The molecule has 2 rings (SSSR count). The topological polar surface area (TPSA) is 60.8 Å². The van der Waals surface area contributed by atoms with Crippen LogP contribution in [0.3, 0.4) is 0 Å². The summed E-state index contributed by atoms with van der Waals surface area (Å²) in [6.07, 6.45) is 4.10. The highest BCUT2D eigenvalue weighted by molar-refractivity contribution is 5.66. The summed E-state index contributed by atoms with van der Waals surface area (Å²) in [5.74, 6) is 0.655. The number of rotatable bonds is 3. The van der Waals surface area contributed by atoms with Gasteiger partial charge in [-0.05, 0) is 25.2 Å². The van der Waals surface area contributed by atoms with Crippen molar-refractivity contribution >= 4 is 6.09 Å². The molecular weight excluding hydrogens is 182 g/mol. The molecule has 80 valence electrons. The van der Waals surface area contributed by atoms with Crippen molar-refractivity contribution in [1.29, 1.82) is 0 Å². The summed E-state index contributed by atoms with van der Waals surface area (Å²) in [5.41, 5.74) is -0.451. The van der Waals surface area contributed by atoms with E-state index in [-0.39, 0.29) is 6.61 Å². The second-order valence-corrected chi connectivity index (χ2v) is 4.57. The molecule has 4 nitrogen and oxygen atoms in total. The van der Waals surface area contributed by atoms with Gasteiger partial charge in [0.15, 0.2) is 0 Å². The van der Waals surface area contributed by atoms with Crippen LogP contribution in [0.2, 0.25) is 0 Å². The second-order valence-electron chi connectivity index (χ2n) is 4.57. The Morgan fingerprint density at radius 2 is 2.21 bits per heavy atom. The highest BCUT2D eigenvalue weighted by Gasteiger charge is 2.46. The monoisotopic (exact) mass is 199 g/mol. The van der Waals surface area contributed by atoms with E-state index < -0.39 is 11.6 Å². The summed E-state index contributed by atoms with van der Waals surface area (Å²) < 4.78 is 0. The van der Waals surface area contributed by atoms with Crippen molar-refractivity contribution < 1.29 is 15.0 Å². The molecule has 1 unspecified atom stereocenters. The number of aliphatic hydroxyl groups is 1. The molecule has 14 heavy (non-hydrogen) atoms. The van der Waals surface area contributed by atoms with Gasteiger partial charge in [0.05, 0.1) is 12.1 Å². The van der Waals surface area contributed by atoms with Gasteiger partial charge in [0, 0.05) is 6.54 Å². The molecule has 1 heterocycles. The van der Waals surface area contributed by atoms with Crippen LogP contribution in [0.15, 0.2) is 0 Å². The first-order chi connectivity index (χ1) is 6.68. The van der Waals surface area contributed by atoms with Gasteiger partial charge in [0.25, 0.3) is 0 Å². The zero-order valence-corrected chi connectivity index (χ0v) is 8.28. The van der Waals surface area contributed by atoms with Crippen molar-refractivity contribution in [2.45, 2.75) is 37.6 Å². The summed E-state index contributed by atoms with van der Waals surface area (Å²) >= 11 is 0. The van der Waals surface area contributed by atoms with Crippen molar-refractivity contribution in [3.8, 4) is 0 Å². The van der Waals surface area contributed by atoms with E-state index in [1.807, 2.05) is 0 Å². The predicted molar refractivity (Wildman–Crippen MR) is 51.1 cm³/mol. The molecule has 0 aromatic rings.